The second kappa shape index (κ2) is 25.3. The lowest BCUT2D eigenvalue weighted by Gasteiger charge is -2.06. The lowest BCUT2D eigenvalue weighted by Crippen LogP contribution is -1.90. The van der Waals surface area contributed by atoms with E-state index < -0.39 is 0 Å². The van der Waals surface area contributed by atoms with Crippen LogP contribution in [0.3, 0.4) is 0 Å². The van der Waals surface area contributed by atoms with Crippen LogP contribution in [0.25, 0.3) is 0 Å². The van der Waals surface area contributed by atoms with E-state index in [4.69, 9.17) is 0 Å². The topological polar surface area (TPSA) is 0 Å². The molecule has 0 aliphatic rings. The highest BCUT2D eigenvalue weighted by Gasteiger charge is 1.98. The van der Waals surface area contributed by atoms with Crippen LogP contribution >= 0.6 is 0 Å². The van der Waals surface area contributed by atoms with Crippen molar-refractivity contribution in [2.24, 2.45) is 0 Å². The molecule has 0 spiro atoms. The maximum atomic E-state index is 2.40. The monoisotopic (exact) mass is 470 g/mol. The zero-order chi connectivity index (χ0) is 24.4. The molecule has 0 atom stereocenters. The zero-order valence-electron chi connectivity index (χ0n) is 23.7. The van der Waals surface area contributed by atoms with Gasteiger partial charge in [-0.25, -0.2) is 0 Å². The highest BCUT2D eigenvalue weighted by molar-refractivity contribution is 5.22. The molecule has 1 aromatic rings. The lowest BCUT2D eigenvalue weighted by molar-refractivity contribution is 0.543. The number of rotatable bonds is 26. The standard InChI is InChI=1S/C34H62/c1-3-5-7-9-11-13-15-17-19-21-23-25-27-33-29-31-34(32-30-33)28-26-24-22-20-18-16-14-12-10-8-6-4-2/h29-32H,3-28H2,1-2H3. The quantitative estimate of drug-likeness (QED) is 0.118. The van der Waals surface area contributed by atoms with Gasteiger partial charge in [0, 0.05) is 0 Å². The van der Waals surface area contributed by atoms with Crippen molar-refractivity contribution in [3.05, 3.63) is 35.4 Å². The summed E-state index contributed by atoms with van der Waals surface area (Å²) in [7, 11) is 0. The van der Waals surface area contributed by atoms with Crippen molar-refractivity contribution in [3.63, 3.8) is 0 Å². The molecule has 0 fully saturated rings. The summed E-state index contributed by atoms with van der Waals surface area (Å²) in [5.74, 6) is 0. The van der Waals surface area contributed by atoms with Gasteiger partial charge in [0.1, 0.15) is 0 Å². The van der Waals surface area contributed by atoms with Crippen molar-refractivity contribution >= 4 is 0 Å². The molecule has 0 N–H and O–H groups in total. The first-order chi connectivity index (χ1) is 16.9. The van der Waals surface area contributed by atoms with Gasteiger partial charge in [0.05, 0.1) is 0 Å². The third kappa shape index (κ3) is 20.6. The predicted octanol–water partition coefficient (Wildman–Crippen LogP) is 12.2. The molecular weight excluding hydrogens is 408 g/mol. The first kappa shape index (κ1) is 31.3. The van der Waals surface area contributed by atoms with Crippen LogP contribution in [0, 0.1) is 0 Å². The Bertz CT molecular complexity index is 452. The third-order valence-corrected chi connectivity index (χ3v) is 7.66. The van der Waals surface area contributed by atoms with Crippen molar-refractivity contribution in [1.82, 2.24) is 0 Å². The fraction of sp³-hybridized carbons (Fsp3) is 0.824. The largest absolute Gasteiger partial charge is 0.0654 e. The van der Waals surface area contributed by atoms with Gasteiger partial charge in [0.25, 0.3) is 0 Å². The van der Waals surface area contributed by atoms with Gasteiger partial charge < -0.3 is 0 Å². The second-order valence-corrected chi connectivity index (χ2v) is 11.1. The van der Waals surface area contributed by atoms with Gasteiger partial charge in [-0.1, -0.05) is 179 Å². The van der Waals surface area contributed by atoms with Crippen LogP contribution < -0.4 is 0 Å². The van der Waals surface area contributed by atoms with E-state index in [-0.39, 0.29) is 0 Å². The third-order valence-electron chi connectivity index (χ3n) is 7.66. The fourth-order valence-electron chi connectivity index (χ4n) is 5.21. The molecule has 0 nitrogen and oxygen atoms in total. The first-order valence-corrected chi connectivity index (χ1v) is 15.9. The molecule has 0 saturated heterocycles. The Morgan fingerprint density at radius 3 is 0.735 bits per heavy atom. The maximum absolute atomic E-state index is 2.40. The number of aryl methyl sites for hydroxylation is 2. The summed E-state index contributed by atoms with van der Waals surface area (Å²) in [6, 6.07) is 9.59. The summed E-state index contributed by atoms with van der Waals surface area (Å²) in [5, 5.41) is 0. The van der Waals surface area contributed by atoms with Crippen molar-refractivity contribution in [1.29, 1.82) is 0 Å². The number of hydrogen-bond acceptors (Lipinski definition) is 0. The molecule has 198 valence electrons. The van der Waals surface area contributed by atoms with E-state index in [2.05, 4.69) is 38.1 Å². The van der Waals surface area contributed by atoms with Gasteiger partial charge in [0.15, 0.2) is 0 Å². The molecule has 0 unspecified atom stereocenters. The first-order valence-electron chi connectivity index (χ1n) is 15.9. The Balaban J connectivity index is 1.87. The van der Waals surface area contributed by atoms with E-state index in [1.807, 2.05) is 0 Å². The van der Waals surface area contributed by atoms with Gasteiger partial charge >= 0.3 is 0 Å². The van der Waals surface area contributed by atoms with Crippen molar-refractivity contribution in [2.45, 2.75) is 181 Å². The summed E-state index contributed by atoms with van der Waals surface area (Å²) in [5.41, 5.74) is 3.09. The Kier molecular flexibility index (Phi) is 23.3. The molecule has 34 heavy (non-hydrogen) atoms. The molecule has 0 bridgehead atoms. The number of unbranched alkanes of at least 4 members (excludes halogenated alkanes) is 22. The molecule has 0 saturated carbocycles. The average molecular weight is 471 g/mol. The molecule has 1 rings (SSSR count). The van der Waals surface area contributed by atoms with Crippen LogP contribution in [-0.2, 0) is 12.8 Å². The molecule has 0 heteroatoms. The van der Waals surface area contributed by atoms with E-state index in [0.717, 1.165) is 0 Å². The Morgan fingerprint density at radius 1 is 0.294 bits per heavy atom. The van der Waals surface area contributed by atoms with Gasteiger partial charge in [-0.15, -0.1) is 0 Å². The lowest BCUT2D eigenvalue weighted by atomic mass is 10.0. The van der Waals surface area contributed by atoms with Crippen molar-refractivity contribution < 1.29 is 0 Å². The molecule has 0 amide bonds. The Morgan fingerprint density at radius 2 is 0.500 bits per heavy atom. The van der Waals surface area contributed by atoms with Gasteiger partial charge in [-0.2, -0.15) is 0 Å². The summed E-state index contributed by atoms with van der Waals surface area (Å²) >= 11 is 0. The normalized spacial score (nSPS) is 11.4. The summed E-state index contributed by atoms with van der Waals surface area (Å²) in [4.78, 5) is 0. The molecule has 0 aliphatic heterocycles. The molecule has 0 aliphatic carbocycles. The van der Waals surface area contributed by atoms with Crippen LogP contribution in [-0.4, -0.2) is 0 Å². The second-order valence-electron chi connectivity index (χ2n) is 11.1. The molecule has 1 aromatic carbocycles. The van der Waals surface area contributed by atoms with Gasteiger partial charge in [0.2, 0.25) is 0 Å². The van der Waals surface area contributed by atoms with E-state index in [9.17, 15) is 0 Å². The average Bonchev–Trinajstić information content (AvgIpc) is 2.86. The summed E-state index contributed by atoms with van der Waals surface area (Å²) < 4.78 is 0. The van der Waals surface area contributed by atoms with Crippen molar-refractivity contribution in [3.8, 4) is 0 Å². The number of benzene rings is 1. The fourth-order valence-corrected chi connectivity index (χ4v) is 5.21. The maximum Gasteiger partial charge on any atom is -0.0279 e. The minimum absolute atomic E-state index is 1.27. The molecule has 0 heterocycles. The number of hydrogen-bond donors (Lipinski definition) is 0. The smallest absolute Gasteiger partial charge is 0.0279 e. The highest BCUT2D eigenvalue weighted by Crippen LogP contribution is 2.16. The van der Waals surface area contributed by atoms with Crippen LogP contribution in [0.2, 0.25) is 0 Å². The zero-order valence-corrected chi connectivity index (χ0v) is 23.7. The van der Waals surface area contributed by atoms with E-state index in [1.165, 1.54) is 167 Å². The van der Waals surface area contributed by atoms with E-state index in [1.54, 1.807) is 11.1 Å². The summed E-state index contributed by atoms with van der Waals surface area (Å²) in [6.07, 6.45) is 37.0. The van der Waals surface area contributed by atoms with E-state index in [0.29, 0.717) is 0 Å². The van der Waals surface area contributed by atoms with Gasteiger partial charge in [-0.3, -0.25) is 0 Å². The van der Waals surface area contributed by atoms with Crippen molar-refractivity contribution in [2.75, 3.05) is 0 Å². The minimum atomic E-state index is 1.27. The van der Waals surface area contributed by atoms with Crippen LogP contribution in [0.5, 0.6) is 0 Å². The van der Waals surface area contributed by atoms with Gasteiger partial charge in [-0.05, 0) is 36.8 Å². The van der Waals surface area contributed by atoms with E-state index >= 15 is 0 Å². The molecular formula is C34H62. The Labute approximate surface area is 216 Å². The summed E-state index contributed by atoms with van der Waals surface area (Å²) in [6.45, 7) is 4.60. The highest BCUT2D eigenvalue weighted by atomic mass is 14.0. The molecule has 0 radical (unpaired) electrons. The van der Waals surface area contributed by atoms with Crippen LogP contribution in [0.15, 0.2) is 24.3 Å². The Hall–Kier alpha value is -0.780. The van der Waals surface area contributed by atoms with Crippen LogP contribution in [0.1, 0.15) is 179 Å². The predicted molar refractivity (Wildman–Crippen MR) is 156 cm³/mol. The van der Waals surface area contributed by atoms with Crippen LogP contribution in [0.4, 0.5) is 0 Å². The minimum Gasteiger partial charge on any atom is -0.0654 e. The SMILES string of the molecule is CCCCCCCCCCCCCCc1ccc(CCCCCCCCCCCCCC)cc1. The molecule has 0 aromatic heterocycles.